The first kappa shape index (κ1) is 16.2. The summed E-state index contributed by atoms with van der Waals surface area (Å²) in [5.41, 5.74) is 0.814. The second-order valence-electron chi connectivity index (χ2n) is 5.65. The summed E-state index contributed by atoms with van der Waals surface area (Å²) in [5.74, 6) is 0.897. The summed E-state index contributed by atoms with van der Waals surface area (Å²) < 4.78 is 6.68. The van der Waals surface area contributed by atoms with E-state index in [1.807, 2.05) is 35.2 Å². The third-order valence-corrected chi connectivity index (χ3v) is 4.12. The standard InChI is InChI=1S/C17H17N7O2/c1-26-12-11-22-14-15(19-8-7-18-14)24(13-5-3-2-4-6-13)16(17(22)25)23-10-9-20-21-23/h2-10,16H,11-12H2,1H3. The molecule has 9 heteroatoms. The molecule has 1 aliphatic heterocycles. The molecule has 3 aromatic rings. The van der Waals surface area contributed by atoms with E-state index in [0.717, 1.165) is 5.69 Å². The van der Waals surface area contributed by atoms with E-state index in [1.54, 1.807) is 36.8 Å². The Hall–Kier alpha value is -3.33. The van der Waals surface area contributed by atoms with Crippen molar-refractivity contribution in [1.82, 2.24) is 25.0 Å². The van der Waals surface area contributed by atoms with Crippen LogP contribution in [0.3, 0.4) is 0 Å². The van der Waals surface area contributed by atoms with Crippen molar-refractivity contribution in [1.29, 1.82) is 0 Å². The van der Waals surface area contributed by atoms with E-state index in [-0.39, 0.29) is 5.91 Å². The van der Waals surface area contributed by atoms with E-state index in [4.69, 9.17) is 4.74 Å². The third-order valence-electron chi connectivity index (χ3n) is 4.12. The highest BCUT2D eigenvalue weighted by Gasteiger charge is 2.42. The van der Waals surface area contributed by atoms with Crippen molar-refractivity contribution in [2.75, 3.05) is 30.1 Å². The molecule has 132 valence electrons. The first-order valence-corrected chi connectivity index (χ1v) is 8.12. The van der Waals surface area contributed by atoms with Crippen molar-refractivity contribution in [3.8, 4) is 0 Å². The van der Waals surface area contributed by atoms with Gasteiger partial charge in [-0.15, -0.1) is 5.10 Å². The maximum absolute atomic E-state index is 13.3. The van der Waals surface area contributed by atoms with Gasteiger partial charge in [-0.3, -0.25) is 14.6 Å². The lowest BCUT2D eigenvalue weighted by Crippen LogP contribution is -2.50. The molecule has 2 aromatic heterocycles. The van der Waals surface area contributed by atoms with Crippen LogP contribution in [-0.4, -0.2) is 51.1 Å². The number of amides is 1. The van der Waals surface area contributed by atoms with Gasteiger partial charge in [0.15, 0.2) is 11.6 Å². The van der Waals surface area contributed by atoms with Crippen LogP contribution in [0.25, 0.3) is 0 Å². The van der Waals surface area contributed by atoms with Gasteiger partial charge in [-0.2, -0.15) is 0 Å². The predicted octanol–water partition coefficient (Wildman–Crippen LogP) is 1.40. The summed E-state index contributed by atoms with van der Waals surface area (Å²) in [7, 11) is 1.59. The van der Waals surface area contributed by atoms with Crippen molar-refractivity contribution < 1.29 is 9.53 Å². The van der Waals surface area contributed by atoms with Crippen LogP contribution in [-0.2, 0) is 9.53 Å². The molecule has 0 saturated heterocycles. The molecule has 1 amide bonds. The summed E-state index contributed by atoms with van der Waals surface area (Å²) >= 11 is 0. The zero-order valence-corrected chi connectivity index (χ0v) is 14.1. The minimum Gasteiger partial charge on any atom is -0.383 e. The van der Waals surface area contributed by atoms with Gasteiger partial charge in [-0.1, -0.05) is 23.4 Å². The highest BCUT2D eigenvalue weighted by Crippen LogP contribution is 2.41. The lowest BCUT2D eigenvalue weighted by molar-refractivity contribution is -0.122. The molecule has 0 aliphatic carbocycles. The summed E-state index contributed by atoms with van der Waals surface area (Å²) in [6, 6.07) is 9.57. The van der Waals surface area contributed by atoms with Crippen molar-refractivity contribution in [3.63, 3.8) is 0 Å². The first-order valence-electron chi connectivity index (χ1n) is 8.12. The Morgan fingerprint density at radius 2 is 1.85 bits per heavy atom. The molecule has 1 atom stereocenters. The number of nitrogens with zero attached hydrogens (tertiary/aromatic N) is 7. The van der Waals surface area contributed by atoms with Gasteiger partial charge in [-0.25, -0.2) is 14.6 Å². The number of carbonyl (C=O) groups excluding carboxylic acids is 1. The number of ether oxygens (including phenoxy) is 1. The summed E-state index contributed by atoms with van der Waals surface area (Å²) in [4.78, 5) is 25.6. The summed E-state index contributed by atoms with van der Waals surface area (Å²) in [5, 5.41) is 7.91. The largest absolute Gasteiger partial charge is 0.383 e. The fourth-order valence-electron chi connectivity index (χ4n) is 2.98. The zero-order valence-electron chi connectivity index (χ0n) is 14.1. The van der Waals surface area contributed by atoms with E-state index >= 15 is 0 Å². The number of hydrogen-bond donors (Lipinski definition) is 0. The normalized spacial score (nSPS) is 16.7. The van der Waals surface area contributed by atoms with Crippen molar-refractivity contribution in [2.24, 2.45) is 0 Å². The summed E-state index contributed by atoms with van der Waals surface area (Å²) in [6.45, 7) is 0.756. The van der Waals surface area contributed by atoms with Crippen LogP contribution in [0, 0.1) is 0 Å². The van der Waals surface area contributed by atoms with Crippen LogP contribution in [0.15, 0.2) is 55.1 Å². The minimum absolute atomic E-state index is 0.176. The number of benzene rings is 1. The Kier molecular flexibility index (Phi) is 4.28. The maximum Gasteiger partial charge on any atom is 0.274 e. The van der Waals surface area contributed by atoms with Crippen molar-refractivity contribution in [2.45, 2.75) is 6.17 Å². The molecule has 0 spiro atoms. The second kappa shape index (κ2) is 6.89. The lowest BCUT2D eigenvalue weighted by atomic mass is 10.2. The molecule has 4 rings (SSSR count). The van der Waals surface area contributed by atoms with E-state index in [1.165, 1.54) is 4.68 Å². The molecular formula is C17H17N7O2. The number of rotatable bonds is 5. The van der Waals surface area contributed by atoms with E-state index in [2.05, 4.69) is 20.3 Å². The van der Waals surface area contributed by atoms with E-state index in [9.17, 15) is 4.79 Å². The highest BCUT2D eigenvalue weighted by molar-refractivity contribution is 6.04. The van der Waals surface area contributed by atoms with Crippen molar-refractivity contribution in [3.05, 3.63) is 55.1 Å². The molecule has 1 aromatic carbocycles. The van der Waals surface area contributed by atoms with Gasteiger partial charge in [0, 0.05) is 31.4 Å². The number of aromatic nitrogens is 5. The van der Waals surface area contributed by atoms with Crippen LogP contribution in [0.1, 0.15) is 6.17 Å². The van der Waals surface area contributed by atoms with Gasteiger partial charge >= 0.3 is 0 Å². The van der Waals surface area contributed by atoms with E-state index in [0.29, 0.717) is 24.8 Å². The Balaban J connectivity index is 1.90. The first-order chi connectivity index (χ1) is 12.8. The van der Waals surface area contributed by atoms with Crippen molar-refractivity contribution >= 4 is 23.2 Å². The molecule has 1 unspecified atom stereocenters. The maximum atomic E-state index is 13.3. The van der Waals surface area contributed by atoms with Gasteiger partial charge in [0.1, 0.15) is 0 Å². The van der Waals surface area contributed by atoms with Gasteiger partial charge in [0.05, 0.1) is 19.3 Å². The smallest absolute Gasteiger partial charge is 0.274 e. The molecule has 0 N–H and O–H groups in total. The monoisotopic (exact) mass is 351 g/mol. The number of fused-ring (bicyclic) bond motifs is 1. The van der Waals surface area contributed by atoms with E-state index < -0.39 is 6.17 Å². The quantitative estimate of drug-likeness (QED) is 0.686. The molecular weight excluding hydrogens is 334 g/mol. The molecule has 0 saturated carbocycles. The minimum atomic E-state index is -0.749. The Labute approximate surface area is 149 Å². The second-order valence-corrected chi connectivity index (χ2v) is 5.65. The molecule has 0 bridgehead atoms. The van der Waals surface area contributed by atoms with Crippen LogP contribution < -0.4 is 9.80 Å². The molecule has 0 fully saturated rings. The van der Waals surface area contributed by atoms with Gasteiger partial charge in [-0.05, 0) is 12.1 Å². The zero-order chi connectivity index (χ0) is 17.9. The van der Waals surface area contributed by atoms with Crippen LogP contribution in [0.2, 0.25) is 0 Å². The predicted molar refractivity (Wildman–Crippen MR) is 93.9 cm³/mol. The van der Waals surface area contributed by atoms with Crippen LogP contribution in [0.4, 0.5) is 17.3 Å². The summed E-state index contributed by atoms with van der Waals surface area (Å²) in [6.07, 6.45) is 5.64. The molecule has 1 aliphatic rings. The number of methoxy groups -OCH3 is 1. The number of anilines is 3. The molecule has 9 nitrogen and oxygen atoms in total. The van der Waals surface area contributed by atoms with Gasteiger partial charge < -0.3 is 4.74 Å². The average Bonchev–Trinajstić information content (AvgIpc) is 3.21. The third kappa shape index (κ3) is 2.68. The van der Waals surface area contributed by atoms with Crippen LogP contribution >= 0.6 is 0 Å². The molecule has 3 heterocycles. The molecule has 0 radical (unpaired) electrons. The lowest BCUT2D eigenvalue weighted by Gasteiger charge is -2.40. The SMILES string of the molecule is COCCN1C(=O)C(n2ccnn2)N(c2ccccc2)c2nccnc21. The highest BCUT2D eigenvalue weighted by atomic mass is 16.5. The molecule has 26 heavy (non-hydrogen) atoms. The Morgan fingerprint density at radius 1 is 1.08 bits per heavy atom. The number of carbonyl (C=O) groups is 1. The fraction of sp³-hybridized carbons (Fsp3) is 0.235. The van der Waals surface area contributed by atoms with Crippen LogP contribution in [0.5, 0.6) is 0 Å². The topological polar surface area (TPSA) is 89.3 Å². The average molecular weight is 351 g/mol. The van der Waals surface area contributed by atoms with Gasteiger partial charge in [0.2, 0.25) is 6.17 Å². The Morgan fingerprint density at radius 3 is 2.54 bits per heavy atom. The Bertz CT molecular complexity index is 885. The van der Waals surface area contributed by atoms with Gasteiger partial charge in [0.25, 0.3) is 5.91 Å². The number of hydrogen-bond acceptors (Lipinski definition) is 7. The fourth-order valence-corrected chi connectivity index (χ4v) is 2.98. The number of para-hydroxylation sites is 1.